The quantitative estimate of drug-likeness (QED) is 0.751. The van der Waals surface area contributed by atoms with Crippen molar-refractivity contribution in [1.29, 1.82) is 0 Å². The molecule has 0 aromatic heterocycles. The summed E-state index contributed by atoms with van der Waals surface area (Å²) in [7, 11) is -3.12. The summed E-state index contributed by atoms with van der Waals surface area (Å²) in [5.41, 5.74) is 2.84. The number of sulfone groups is 1. The molecule has 76 valence electrons. The summed E-state index contributed by atoms with van der Waals surface area (Å²) in [6.07, 6.45) is 1.21. The van der Waals surface area contributed by atoms with Crippen molar-refractivity contribution >= 4 is 15.4 Å². The van der Waals surface area contributed by atoms with Crippen molar-refractivity contribution in [2.24, 2.45) is 0 Å². The van der Waals surface area contributed by atoms with Crippen molar-refractivity contribution in [2.45, 2.75) is 18.7 Å². The first-order chi connectivity index (χ1) is 6.32. The van der Waals surface area contributed by atoms with E-state index >= 15 is 0 Å². The Labute approximate surface area is 85.2 Å². The van der Waals surface area contributed by atoms with Gasteiger partial charge in [-0.05, 0) is 37.1 Å². The molecule has 0 N–H and O–H groups in total. The van der Waals surface area contributed by atoms with Crippen molar-refractivity contribution < 1.29 is 8.42 Å². The summed E-state index contributed by atoms with van der Waals surface area (Å²) < 4.78 is 22.6. The molecule has 3 heteroatoms. The monoisotopic (exact) mass is 210 g/mol. The highest BCUT2D eigenvalue weighted by Crippen LogP contribution is 2.20. The van der Waals surface area contributed by atoms with Crippen LogP contribution in [0.4, 0.5) is 0 Å². The standard InChI is InChI=1S/C11H14O2S/c1-8(2)11-7-10(14(4,12)13)6-5-9(11)3/h5-7H,1H2,2-4H3. The second kappa shape index (κ2) is 3.58. The maximum Gasteiger partial charge on any atom is 0.175 e. The van der Waals surface area contributed by atoms with Crippen LogP contribution in [0.25, 0.3) is 5.57 Å². The van der Waals surface area contributed by atoms with E-state index in [2.05, 4.69) is 6.58 Å². The van der Waals surface area contributed by atoms with Crippen molar-refractivity contribution in [2.75, 3.05) is 6.26 Å². The smallest absolute Gasteiger partial charge is 0.175 e. The number of rotatable bonds is 2. The van der Waals surface area contributed by atoms with Crippen LogP contribution in [0, 0.1) is 6.92 Å². The lowest BCUT2D eigenvalue weighted by molar-refractivity contribution is 0.602. The maximum atomic E-state index is 11.3. The third-order valence-electron chi connectivity index (χ3n) is 2.10. The van der Waals surface area contributed by atoms with Gasteiger partial charge in [0.2, 0.25) is 0 Å². The van der Waals surface area contributed by atoms with Crippen molar-refractivity contribution in [3.05, 3.63) is 35.9 Å². The lowest BCUT2D eigenvalue weighted by Crippen LogP contribution is -1.98. The Morgan fingerprint density at radius 2 is 1.93 bits per heavy atom. The maximum absolute atomic E-state index is 11.3. The van der Waals surface area contributed by atoms with E-state index < -0.39 is 9.84 Å². The van der Waals surface area contributed by atoms with Gasteiger partial charge in [-0.1, -0.05) is 18.2 Å². The Kier molecular flexibility index (Phi) is 2.81. The van der Waals surface area contributed by atoms with Gasteiger partial charge in [0.25, 0.3) is 0 Å². The molecule has 0 aliphatic rings. The topological polar surface area (TPSA) is 34.1 Å². The normalized spacial score (nSPS) is 11.4. The van der Waals surface area contributed by atoms with Crippen LogP contribution in [-0.4, -0.2) is 14.7 Å². The minimum atomic E-state index is -3.12. The van der Waals surface area contributed by atoms with Crippen LogP contribution in [0.5, 0.6) is 0 Å². The zero-order valence-corrected chi connectivity index (χ0v) is 9.48. The van der Waals surface area contributed by atoms with Crippen LogP contribution in [0.15, 0.2) is 29.7 Å². The highest BCUT2D eigenvalue weighted by Gasteiger charge is 2.09. The third kappa shape index (κ3) is 2.23. The van der Waals surface area contributed by atoms with Crippen molar-refractivity contribution in [3.8, 4) is 0 Å². The van der Waals surface area contributed by atoms with E-state index in [1.807, 2.05) is 13.8 Å². The zero-order chi connectivity index (χ0) is 10.9. The Morgan fingerprint density at radius 1 is 1.36 bits per heavy atom. The molecular formula is C11H14O2S. The van der Waals surface area contributed by atoms with Gasteiger partial charge in [-0.2, -0.15) is 0 Å². The molecule has 0 saturated heterocycles. The van der Waals surface area contributed by atoms with Crippen LogP contribution < -0.4 is 0 Å². The average Bonchev–Trinajstić information content (AvgIpc) is 2.02. The van der Waals surface area contributed by atoms with Gasteiger partial charge in [0.05, 0.1) is 4.90 Å². The lowest BCUT2D eigenvalue weighted by Gasteiger charge is -2.07. The molecule has 1 aromatic carbocycles. The van der Waals surface area contributed by atoms with Gasteiger partial charge in [-0.3, -0.25) is 0 Å². The molecule has 0 atom stereocenters. The van der Waals surface area contributed by atoms with E-state index in [0.717, 1.165) is 16.7 Å². The van der Waals surface area contributed by atoms with Gasteiger partial charge in [0, 0.05) is 6.26 Å². The van der Waals surface area contributed by atoms with Gasteiger partial charge in [-0.25, -0.2) is 8.42 Å². The van der Waals surface area contributed by atoms with Gasteiger partial charge in [0.1, 0.15) is 0 Å². The molecule has 0 aliphatic heterocycles. The summed E-state index contributed by atoms with van der Waals surface area (Å²) in [5, 5.41) is 0. The largest absolute Gasteiger partial charge is 0.224 e. The van der Waals surface area contributed by atoms with Crippen LogP contribution in [0.3, 0.4) is 0 Å². The highest BCUT2D eigenvalue weighted by atomic mass is 32.2. The van der Waals surface area contributed by atoms with Crippen molar-refractivity contribution in [3.63, 3.8) is 0 Å². The number of hydrogen-bond acceptors (Lipinski definition) is 2. The molecule has 0 bridgehead atoms. The Morgan fingerprint density at radius 3 is 2.36 bits per heavy atom. The number of allylic oxidation sites excluding steroid dienone is 1. The molecule has 2 nitrogen and oxygen atoms in total. The van der Waals surface area contributed by atoms with Gasteiger partial charge in [-0.15, -0.1) is 0 Å². The first kappa shape index (κ1) is 11.0. The molecule has 0 saturated carbocycles. The number of aryl methyl sites for hydroxylation is 1. The second-order valence-corrected chi connectivity index (χ2v) is 5.54. The lowest BCUT2D eigenvalue weighted by atomic mass is 10.0. The molecule has 0 heterocycles. The Balaban J connectivity index is 3.42. The van der Waals surface area contributed by atoms with Gasteiger partial charge in [0.15, 0.2) is 9.84 Å². The predicted octanol–water partition coefficient (Wildman–Crippen LogP) is 2.43. The Hall–Kier alpha value is -1.09. The summed E-state index contributed by atoms with van der Waals surface area (Å²) in [6, 6.07) is 5.10. The average molecular weight is 210 g/mol. The van der Waals surface area contributed by atoms with E-state index in [4.69, 9.17) is 0 Å². The van der Waals surface area contributed by atoms with Crippen LogP contribution in [0.2, 0.25) is 0 Å². The summed E-state index contributed by atoms with van der Waals surface area (Å²) in [5.74, 6) is 0. The molecule has 0 unspecified atom stereocenters. The molecule has 0 amide bonds. The minimum Gasteiger partial charge on any atom is -0.224 e. The zero-order valence-electron chi connectivity index (χ0n) is 8.66. The van der Waals surface area contributed by atoms with Gasteiger partial charge < -0.3 is 0 Å². The molecule has 0 spiro atoms. The summed E-state index contributed by atoms with van der Waals surface area (Å²) >= 11 is 0. The minimum absolute atomic E-state index is 0.348. The van der Waals surface area contributed by atoms with E-state index in [0.29, 0.717) is 4.90 Å². The molecule has 0 radical (unpaired) electrons. The van der Waals surface area contributed by atoms with Crippen LogP contribution in [0.1, 0.15) is 18.1 Å². The van der Waals surface area contributed by atoms with Crippen LogP contribution >= 0.6 is 0 Å². The summed E-state index contributed by atoms with van der Waals surface area (Å²) in [4.78, 5) is 0.348. The van der Waals surface area contributed by atoms with Crippen molar-refractivity contribution in [1.82, 2.24) is 0 Å². The SMILES string of the molecule is C=C(C)c1cc(S(C)(=O)=O)ccc1C. The molecule has 1 rings (SSSR count). The summed E-state index contributed by atoms with van der Waals surface area (Å²) in [6.45, 7) is 7.62. The first-order valence-corrected chi connectivity index (χ1v) is 6.18. The molecule has 0 aliphatic carbocycles. The molecule has 0 fully saturated rings. The second-order valence-electron chi connectivity index (χ2n) is 3.53. The van der Waals surface area contributed by atoms with Gasteiger partial charge >= 0.3 is 0 Å². The van der Waals surface area contributed by atoms with E-state index in [1.165, 1.54) is 6.26 Å². The number of hydrogen-bond donors (Lipinski definition) is 0. The van der Waals surface area contributed by atoms with E-state index in [-0.39, 0.29) is 0 Å². The third-order valence-corrected chi connectivity index (χ3v) is 3.21. The molecule has 14 heavy (non-hydrogen) atoms. The van der Waals surface area contributed by atoms with E-state index in [1.54, 1.807) is 18.2 Å². The number of benzene rings is 1. The predicted molar refractivity (Wildman–Crippen MR) is 59.0 cm³/mol. The fourth-order valence-corrected chi connectivity index (χ4v) is 1.94. The van der Waals surface area contributed by atoms with E-state index in [9.17, 15) is 8.42 Å². The molecule has 1 aromatic rings. The molecular weight excluding hydrogens is 196 g/mol. The fraction of sp³-hybridized carbons (Fsp3) is 0.273. The first-order valence-electron chi connectivity index (χ1n) is 4.29. The fourth-order valence-electron chi connectivity index (χ4n) is 1.29. The van der Waals surface area contributed by atoms with Crippen LogP contribution in [-0.2, 0) is 9.84 Å². The highest BCUT2D eigenvalue weighted by molar-refractivity contribution is 7.90. The Bertz CT molecular complexity index is 470.